The second-order valence-corrected chi connectivity index (χ2v) is 5.71. The van der Waals surface area contributed by atoms with Crippen LogP contribution in [0.15, 0.2) is 48.5 Å². The zero-order chi connectivity index (χ0) is 14.7. The third kappa shape index (κ3) is 3.30. The van der Waals surface area contributed by atoms with E-state index in [2.05, 4.69) is 41.4 Å². The zero-order valence-electron chi connectivity index (χ0n) is 12.4. The summed E-state index contributed by atoms with van der Waals surface area (Å²) < 4.78 is 0. The van der Waals surface area contributed by atoms with E-state index in [0.717, 1.165) is 24.3 Å². The summed E-state index contributed by atoms with van der Waals surface area (Å²) in [7, 11) is 0. The molecule has 1 heterocycles. The van der Waals surface area contributed by atoms with Gasteiger partial charge in [0, 0.05) is 30.5 Å². The van der Waals surface area contributed by atoms with Crippen molar-refractivity contribution in [3.8, 4) is 5.75 Å². The lowest BCUT2D eigenvalue weighted by Crippen LogP contribution is -2.17. The van der Waals surface area contributed by atoms with Gasteiger partial charge in [-0.05, 0) is 55.7 Å². The van der Waals surface area contributed by atoms with Crippen LogP contribution in [0.2, 0.25) is 0 Å². The van der Waals surface area contributed by atoms with Crippen LogP contribution in [0.5, 0.6) is 5.75 Å². The van der Waals surface area contributed by atoms with E-state index in [-0.39, 0.29) is 6.04 Å². The number of phenolic OH excluding ortho intramolecular Hbond substituents is 1. The molecule has 110 valence electrons. The Bertz CT molecular complexity index is 606. The molecule has 21 heavy (non-hydrogen) atoms. The van der Waals surface area contributed by atoms with E-state index in [1.807, 2.05) is 18.2 Å². The molecule has 0 aromatic heterocycles. The Morgan fingerprint density at radius 1 is 1.05 bits per heavy atom. The molecule has 1 saturated heterocycles. The molecule has 3 rings (SSSR count). The first-order chi connectivity index (χ1) is 10.2. The first kappa shape index (κ1) is 13.8. The third-order valence-corrected chi connectivity index (χ3v) is 4.07. The van der Waals surface area contributed by atoms with Gasteiger partial charge < -0.3 is 15.3 Å². The highest BCUT2D eigenvalue weighted by Crippen LogP contribution is 2.26. The molecular formula is C18H22N2O. The monoisotopic (exact) mass is 282 g/mol. The van der Waals surface area contributed by atoms with Gasteiger partial charge in [0.25, 0.3) is 0 Å². The lowest BCUT2D eigenvalue weighted by molar-refractivity contribution is 0.474. The van der Waals surface area contributed by atoms with Crippen molar-refractivity contribution < 1.29 is 5.11 Å². The van der Waals surface area contributed by atoms with E-state index in [0.29, 0.717) is 5.75 Å². The Balaban J connectivity index is 1.73. The lowest BCUT2D eigenvalue weighted by atomic mass is 10.1. The minimum atomic E-state index is 0.158. The Hall–Kier alpha value is -2.16. The molecule has 1 aliphatic rings. The van der Waals surface area contributed by atoms with Crippen molar-refractivity contribution in [3.05, 3.63) is 54.1 Å². The van der Waals surface area contributed by atoms with Crippen LogP contribution in [0.1, 0.15) is 31.4 Å². The smallest absolute Gasteiger partial charge is 0.115 e. The van der Waals surface area contributed by atoms with Gasteiger partial charge in [0.2, 0.25) is 0 Å². The Labute approximate surface area is 126 Å². The summed E-state index contributed by atoms with van der Waals surface area (Å²) >= 11 is 0. The fourth-order valence-corrected chi connectivity index (χ4v) is 2.90. The maximum absolute atomic E-state index is 9.58. The van der Waals surface area contributed by atoms with Gasteiger partial charge >= 0.3 is 0 Å². The molecule has 0 spiro atoms. The highest BCUT2D eigenvalue weighted by Gasteiger charge is 2.13. The van der Waals surface area contributed by atoms with Crippen LogP contribution in [0.25, 0.3) is 0 Å². The van der Waals surface area contributed by atoms with Gasteiger partial charge in [-0.2, -0.15) is 0 Å². The van der Waals surface area contributed by atoms with Crippen LogP contribution in [-0.4, -0.2) is 18.2 Å². The predicted octanol–water partition coefficient (Wildman–Crippen LogP) is 4.17. The lowest BCUT2D eigenvalue weighted by Gasteiger charge is -2.20. The number of hydrogen-bond acceptors (Lipinski definition) is 3. The van der Waals surface area contributed by atoms with Crippen LogP contribution in [0.4, 0.5) is 11.4 Å². The number of aromatic hydroxyl groups is 1. The zero-order valence-corrected chi connectivity index (χ0v) is 12.4. The molecule has 3 heteroatoms. The van der Waals surface area contributed by atoms with E-state index in [1.165, 1.54) is 18.5 Å². The van der Waals surface area contributed by atoms with Crippen molar-refractivity contribution in [2.45, 2.75) is 25.8 Å². The van der Waals surface area contributed by atoms with Crippen molar-refractivity contribution in [2.75, 3.05) is 23.3 Å². The molecule has 0 bridgehead atoms. The highest BCUT2D eigenvalue weighted by atomic mass is 16.3. The molecule has 1 atom stereocenters. The molecule has 2 aromatic carbocycles. The largest absolute Gasteiger partial charge is 0.508 e. The van der Waals surface area contributed by atoms with Gasteiger partial charge in [0.1, 0.15) is 5.75 Å². The normalized spacial score (nSPS) is 16.0. The van der Waals surface area contributed by atoms with Crippen LogP contribution < -0.4 is 10.2 Å². The number of nitrogens with one attached hydrogen (secondary N) is 1. The quantitative estimate of drug-likeness (QED) is 0.883. The summed E-state index contributed by atoms with van der Waals surface area (Å²) in [5.74, 6) is 0.312. The molecule has 2 N–H and O–H groups in total. The van der Waals surface area contributed by atoms with Crippen molar-refractivity contribution in [3.63, 3.8) is 0 Å². The number of anilines is 2. The number of hydrogen-bond donors (Lipinski definition) is 2. The first-order valence-corrected chi connectivity index (χ1v) is 7.63. The topological polar surface area (TPSA) is 35.5 Å². The van der Waals surface area contributed by atoms with E-state index in [1.54, 1.807) is 6.07 Å². The maximum atomic E-state index is 9.58. The maximum Gasteiger partial charge on any atom is 0.115 e. The van der Waals surface area contributed by atoms with Gasteiger partial charge in [0.15, 0.2) is 0 Å². The molecule has 1 fully saturated rings. The molecular weight excluding hydrogens is 260 g/mol. The standard InChI is InChI=1S/C18H22N2O/c1-14(15-6-4-9-18(21)12-15)19-16-7-5-8-17(13-16)20-10-2-3-11-20/h4-9,12-14,19,21H,2-3,10-11H2,1H3. The van der Waals surface area contributed by atoms with Gasteiger partial charge in [-0.3, -0.25) is 0 Å². The van der Waals surface area contributed by atoms with Crippen LogP contribution in [0, 0.1) is 0 Å². The SMILES string of the molecule is CC(Nc1cccc(N2CCCC2)c1)c1cccc(O)c1. The van der Waals surface area contributed by atoms with Gasteiger partial charge in [-0.1, -0.05) is 18.2 Å². The predicted molar refractivity (Wildman–Crippen MR) is 88.0 cm³/mol. The summed E-state index contributed by atoms with van der Waals surface area (Å²) in [4.78, 5) is 2.43. The second kappa shape index (κ2) is 6.08. The number of phenols is 1. The fraction of sp³-hybridized carbons (Fsp3) is 0.333. The van der Waals surface area contributed by atoms with Crippen molar-refractivity contribution in [2.24, 2.45) is 0 Å². The van der Waals surface area contributed by atoms with E-state index in [9.17, 15) is 5.11 Å². The molecule has 0 amide bonds. The number of rotatable bonds is 4. The average molecular weight is 282 g/mol. The van der Waals surface area contributed by atoms with Crippen LogP contribution >= 0.6 is 0 Å². The van der Waals surface area contributed by atoms with Crippen molar-refractivity contribution in [1.82, 2.24) is 0 Å². The third-order valence-electron chi connectivity index (χ3n) is 4.07. The Morgan fingerprint density at radius 3 is 2.57 bits per heavy atom. The van der Waals surface area contributed by atoms with Crippen LogP contribution in [-0.2, 0) is 0 Å². The second-order valence-electron chi connectivity index (χ2n) is 5.71. The molecule has 1 unspecified atom stereocenters. The van der Waals surface area contributed by atoms with Crippen molar-refractivity contribution >= 4 is 11.4 Å². The Kier molecular flexibility index (Phi) is 4.00. The average Bonchev–Trinajstić information content (AvgIpc) is 3.02. The Morgan fingerprint density at radius 2 is 1.81 bits per heavy atom. The van der Waals surface area contributed by atoms with Gasteiger partial charge in [0.05, 0.1) is 0 Å². The molecule has 3 nitrogen and oxygen atoms in total. The first-order valence-electron chi connectivity index (χ1n) is 7.63. The highest BCUT2D eigenvalue weighted by molar-refractivity contribution is 5.59. The summed E-state index contributed by atoms with van der Waals surface area (Å²) in [6.07, 6.45) is 2.58. The summed E-state index contributed by atoms with van der Waals surface area (Å²) in [5, 5.41) is 13.1. The minimum Gasteiger partial charge on any atom is -0.508 e. The van der Waals surface area contributed by atoms with Gasteiger partial charge in [-0.15, -0.1) is 0 Å². The van der Waals surface area contributed by atoms with Gasteiger partial charge in [-0.25, -0.2) is 0 Å². The molecule has 0 aliphatic carbocycles. The summed E-state index contributed by atoms with van der Waals surface area (Å²) in [5.41, 5.74) is 3.50. The van der Waals surface area contributed by atoms with Crippen molar-refractivity contribution in [1.29, 1.82) is 0 Å². The summed E-state index contributed by atoms with van der Waals surface area (Å²) in [6, 6.07) is 16.2. The van der Waals surface area contributed by atoms with Crippen LogP contribution in [0.3, 0.4) is 0 Å². The molecule has 0 saturated carbocycles. The summed E-state index contributed by atoms with van der Waals surface area (Å²) in [6.45, 7) is 4.43. The minimum absolute atomic E-state index is 0.158. The van der Waals surface area contributed by atoms with E-state index in [4.69, 9.17) is 0 Å². The van der Waals surface area contributed by atoms with E-state index < -0.39 is 0 Å². The fourth-order valence-electron chi connectivity index (χ4n) is 2.90. The number of benzene rings is 2. The molecule has 0 radical (unpaired) electrons. The van der Waals surface area contributed by atoms with E-state index >= 15 is 0 Å². The molecule has 2 aromatic rings. The number of nitrogens with zero attached hydrogens (tertiary/aromatic N) is 1. The molecule has 1 aliphatic heterocycles.